The molecule has 0 bridgehead atoms. The Morgan fingerprint density at radius 1 is 1.88 bits per heavy atom. The van der Waals surface area contributed by atoms with E-state index < -0.39 is 0 Å². The van der Waals surface area contributed by atoms with Crippen LogP contribution in [-0.2, 0) is 5.88 Å². The number of nitrogens with two attached hydrogens (primary N) is 1. The van der Waals surface area contributed by atoms with Crippen molar-refractivity contribution in [1.82, 2.24) is 4.98 Å². The van der Waals surface area contributed by atoms with Crippen LogP contribution in [-0.4, -0.2) is 19.5 Å². The van der Waals surface area contributed by atoms with Crippen LogP contribution in [0.4, 0.5) is 4.69 Å². The maximum atomic E-state index is 5.45. The zero-order valence-electron chi connectivity index (χ0n) is 4.10. The van der Waals surface area contributed by atoms with Crippen LogP contribution in [0.25, 0.3) is 0 Å². The Morgan fingerprint density at radius 2 is 2.62 bits per heavy atom. The fourth-order valence-corrected chi connectivity index (χ4v) is 1.91. The van der Waals surface area contributed by atoms with Crippen LogP contribution in [0.5, 0.6) is 0 Å². The Bertz CT molecular complexity index is 174. The van der Waals surface area contributed by atoms with Crippen molar-refractivity contribution in [3.05, 3.63) is 10.6 Å². The van der Waals surface area contributed by atoms with Gasteiger partial charge in [0.1, 0.15) is 0 Å². The minimum atomic E-state index is 0.282. The SMILES string of the molecule is Nc1nc(CCl)c[se]1. The number of nitrogens with zero attached hydrogens (tertiary/aromatic N) is 1. The number of rotatable bonds is 1. The zero-order valence-corrected chi connectivity index (χ0v) is 6.56. The van der Waals surface area contributed by atoms with E-state index in [-0.39, 0.29) is 14.5 Å². The molecule has 0 aromatic carbocycles. The van der Waals surface area contributed by atoms with Crippen molar-refractivity contribution in [3.63, 3.8) is 0 Å². The molecule has 0 aliphatic carbocycles. The van der Waals surface area contributed by atoms with Crippen molar-refractivity contribution in [1.29, 1.82) is 0 Å². The molecule has 44 valence electrons. The molecule has 1 aromatic heterocycles. The van der Waals surface area contributed by atoms with E-state index in [0.29, 0.717) is 5.88 Å². The molecule has 0 radical (unpaired) electrons. The molecule has 0 aliphatic rings. The van der Waals surface area contributed by atoms with Gasteiger partial charge in [0.25, 0.3) is 0 Å². The standard InChI is InChI=1S/C4H5ClN2Se/c5-1-3-2-8-4(6)7-3/h2H,1H2,(H2,6,7). The average Bonchev–Trinajstić information content (AvgIpc) is 2.14. The van der Waals surface area contributed by atoms with Gasteiger partial charge in [0.2, 0.25) is 0 Å². The van der Waals surface area contributed by atoms with Gasteiger partial charge in [-0.15, -0.1) is 0 Å². The molecule has 0 amide bonds. The van der Waals surface area contributed by atoms with Gasteiger partial charge in [-0.2, -0.15) is 0 Å². The molecular formula is C4H5ClN2Se. The number of hydrogen-bond donors (Lipinski definition) is 1. The molecule has 0 atom stereocenters. The summed E-state index contributed by atoms with van der Waals surface area (Å²) >= 11 is 5.73. The first-order valence-electron chi connectivity index (χ1n) is 2.09. The van der Waals surface area contributed by atoms with Gasteiger partial charge in [-0.25, -0.2) is 0 Å². The van der Waals surface area contributed by atoms with Crippen LogP contribution < -0.4 is 5.73 Å². The molecule has 0 unspecified atom stereocenters. The van der Waals surface area contributed by atoms with E-state index in [4.69, 9.17) is 17.3 Å². The zero-order chi connectivity index (χ0) is 5.98. The number of aromatic nitrogens is 1. The first kappa shape index (κ1) is 6.14. The molecule has 0 fully saturated rings. The number of anilines is 1. The molecule has 0 saturated heterocycles. The molecule has 2 N–H and O–H groups in total. The van der Waals surface area contributed by atoms with Crippen LogP contribution in [0.3, 0.4) is 0 Å². The van der Waals surface area contributed by atoms with E-state index in [0.717, 1.165) is 10.4 Å². The van der Waals surface area contributed by atoms with Crippen molar-refractivity contribution < 1.29 is 0 Å². The van der Waals surface area contributed by atoms with E-state index in [2.05, 4.69) is 4.98 Å². The van der Waals surface area contributed by atoms with Gasteiger partial charge in [0, 0.05) is 0 Å². The van der Waals surface area contributed by atoms with Crippen LogP contribution >= 0.6 is 11.6 Å². The molecule has 0 saturated carbocycles. The fraction of sp³-hybridized carbons (Fsp3) is 0.250. The topological polar surface area (TPSA) is 38.9 Å². The predicted octanol–water partition coefficient (Wildman–Crippen LogP) is 0.460. The van der Waals surface area contributed by atoms with Gasteiger partial charge in [-0.3, -0.25) is 0 Å². The number of nitrogen functional groups attached to an aromatic ring is 1. The molecule has 1 rings (SSSR count). The van der Waals surface area contributed by atoms with Gasteiger partial charge in [-0.1, -0.05) is 0 Å². The summed E-state index contributed by atoms with van der Waals surface area (Å²) in [5.74, 6) is 0.489. The Kier molecular flexibility index (Phi) is 1.95. The molecule has 2 nitrogen and oxygen atoms in total. The summed E-state index contributed by atoms with van der Waals surface area (Å²) < 4.78 is 0.730. The van der Waals surface area contributed by atoms with Gasteiger partial charge in [0.15, 0.2) is 0 Å². The van der Waals surface area contributed by atoms with Crippen LogP contribution in [0.1, 0.15) is 5.69 Å². The summed E-state index contributed by atoms with van der Waals surface area (Å²) in [6, 6.07) is 0. The van der Waals surface area contributed by atoms with E-state index >= 15 is 0 Å². The molecule has 1 heterocycles. The van der Waals surface area contributed by atoms with Crippen molar-refractivity contribution in [3.8, 4) is 0 Å². The van der Waals surface area contributed by atoms with E-state index in [9.17, 15) is 0 Å². The quantitative estimate of drug-likeness (QED) is 0.522. The Balaban J connectivity index is 2.84. The van der Waals surface area contributed by atoms with E-state index in [1.54, 1.807) is 0 Å². The summed E-state index contributed by atoms with van der Waals surface area (Å²) in [6.07, 6.45) is 0. The van der Waals surface area contributed by atoms with Crippen molar-refractivity contribution in [2.45, 2.75) is 5.88 Å². The van der Waals surface area contributed by atoms with Crippen LogP contribution in [0.15, 0.2) is 4.94 Å². The Hall–Kier alpha value is 0.0195. The first-order valence-corrected chi connectivity index (χ1v) is 4.47. The second-order valence-electron chi connectivity index (χ2n) is 1.31. The summed E-state index contributed by atoms with van der Waals surface area (Å²) in [5, 5.41) is 0. The van der Waals surface area contributed by atoms with Gasteiger partial charge < -0.3 is 0 Å². The fourth-order valence-electron chi connectivity index (χ4n) is 0.384. The van der Waals surface area contributed by atoms with Crippen molar-refractivity contribution >= 4 is 30.8 Å². The van der Waals surface area contributed by atoms with E-state index in [1.807, 2.05) is 4.94 Å². The van der Waals surface area contributed by atoms with Crippen LogP contribution in [0, 0.1) is 0 Å². The van der Waals surface area contributed by atoms with E-state index in [1.165, 1.54) is 0 Å². The second-order valence-corrected chi connectivity index (χ2v) is 3.44. The molecule has 4 heteroatoms. The minimum absolute atomic E-state index is 0.282. The summed E-state index contributed by atoms with van der Waals surface area (Å²) in [6.45, 7) is 0. The summed E-state index contributed by atoms with van der Waals surface area (Å²) in [4.78, 5) is 5.95. The Morgan fingerprint density at radius 3 is 2.88 bits per heavy atom. The summed E-state index contributed by atoms with van der Waals surface area (Å²) in [5.41, 5.74) is 6.29. The van der Waals surface area contributed by atoms with Crippen LogP contribution in [0.2, 0.25) is 0 Å². The average molecular weight is 196 g/mol. The normalized spacial score (nSPS) is 9.62. The van der Waals surface area contributed by atoms with Gasteiger partial charge >= 0.3 is 58.0 Å². The molecule has 8 heavy (non-hydrogen) atoms. The van der Waals surface area contributed by atoms with Crippen molar-refractivity contribution in [2.75, 3.05) is 5.73 Å². The molecule has 0 spiro atoms. The monoisotopic (exact) mass is 196 g/mol. The predicted molar refractivity (Wildman–Crippen MR) is 35.1 cm³/mol. The number of hydrogen-bond acceptors (Lipinski definition) is 2. The molecular weight excluding hydrogens is 190 g/mol. The third-order valence-corrected chi connectivity index (χ3v) is 2.50. The number of halogens is 1. The van der Waals surface area contributed by atoms with Gasteiger partial charge in [-0.05, 0) is 0 Å². The molecule has 1 aromatic rings. The summed E-state index contributed by atoms with van der Waals surface area (Å²) in [7, 11) is 0. The molecule has 0 aliphatic heterocycles. The van der Waals surface area contributed by atoms with Gasteiger partial charge in [0.05, 0.1) is 0 Å². The number of alkyl halides is 1. The maximum absolute atomic E-state index is 5.45. The third kappa shape index (κ3) is 1.25. The van der Waals surface area contributed by atoms with Crippen molar-refractivity contribution in [2.24, 2.45) is 0 Å². The first-order chi connectivity index (χ1) is 3.83. The second kappa shape index (κ2) is 2.53. The Labute approximate surface area is 58.4 Å². The third-order valence-electron chi connectivity index (χ3n) is 0.706.